The zero-order valence-electron chi connectivity index (χ0n) is 20.6. The molecule has 2 N–H and O–H groups in total. The van der Waals surface area contributed by atoms with E-state index in [9.17, 15) is 9.90 Å². The first-order chi connectivity index (χ1) is 18.4. The third-order valence-corrected chi connectivity index (χ3v) is 6.56. The Morgan fingerprint density at radius 2 is 1.58 bits per heavy atom. The van der Waals surface area contributed by atoms with Crippen molar-refractivity contribution < 1.29 is 19.4 Å². The van der Waals surface area contributed by atoms with Gasteiger partial charge in [0.2, 0.25) is 0 Å². The van der Waals surface area contributed by atoms with Gasteiger partial charge in [-0.3, -0.25) is 4.79 Å². The van der Waals surface area contributed by atoms with E-state index < -0.39 is 11.5 Å². The van der Waals surface area contributed by atoms with Crippen molar-refractivity contribution in [2.75, 3.05) is 6.61 Å². The van der Waals surface area contributed by atoms with Crippen LogP contribution in [0.1, 0.15) is 29.2 Å². The van der Waals surface area contributed by atoms with Gasteiger partial charge in [0.1, 0.15) is 6.61 Å². The first-order valence-electron chi connectivity index (χ1n) is 11.9. The fourth-order valence-electron chi connectivity index (χ4n) is 3.84. The molecule has 0 unspecified atom stereocenters. The number of hydrogen-bond donors (Lipinski definition) is 2. The summed E-state index contributed by atoms with van der Waals surface area (Å²) in [6.07, 6.45) is 1.48. The van der Waals surface area contributed by atoms with E-state index in [1.54, 1.807) is 60.7 Å². The van der Waals surface area contributed by atoms with Gasteiger partial charge in [0.15, 0.2) is 17.1 Å². The Morgan fingerprint density at radius 3 is 2.16 bits per heavy atom. The number of halogens is 2. The number of nitrogens with one attached hydrogen (secondary N) is 1. The van der Waals surface area contributed by atoms with Gasteiger partial charge in [-0.15, -0.1) is 0 Å². The van der Waals surface area contributed by atoms with E-state index in [2.05, 4.69) is 26.5 Å². The summed E-state index contributed by atoms with van der Waals surface area (Å²) >= 11 is 9.52. The Labute approximate surface area is 235 Å². The Balaban J connectivity index is 1.53. The highest BCUT2D eigenvalue weighted by molar-refractivity contribution is 9.10. The molecule has 0 heterocycles. The van der Waals surface area contributed by atoms with Crippen molar-refractivity contribution in [3.63, 3.8) is 0 Å². The molecule has 0 aromatic heterocycles. The van der Waals surface area contributed by atoms with Crippen LogP contribution in [-0.4, -0.2) is 23.8 Å². The first kappa shape index (κ1) is 27.4. The van der Waals surface area contributed by atoms with E-state index in [1.165, 1.54) is 6.21 Å². The number of benzene rings is 4. The molecule has 0 aliphatic rings. The molecule has 0 radical (unpaired) electrons. The lowest BCUT2D eigenvalue weighted by atomic mass is 9.85. The summed E-state index contributed by atoms with van der Waals surface area (Å²) in [5.74, 6) is 0.386. The third-order valence-electron chi connectivity index (χ3n) is 5.72. The number of carbonyl (C=O) groups is 1. The van der Waals surface area contributed by atoms with Gasteiger partial charge in [0.25, 0.3) is 5.91 Å². The number of amides is 1. The Hall–Kier alpha value is -3.65. The second-order valence-corrected chi connectivity index (χ2v) is 9.61. The third kappa shape index (κ3) is 6.42. The number of hydrogen-bond acceptors (Lipinski definition) is 5. The van der Waals surface area contributed by atoms with Crippen LogP contribution in [0.5, 0.6) is 11.5 Å². The van der Waals surface area contributed by atoms with Gasteiger partial charge in [0, 0.05) is 5.02 Å². The smallest absolute Gasteiger partial charge is 0.281 e. The second-order valence-electron chi connectivity index (χ2n) is 8.32. The van der Waals surface area contributed by atoms with Gasteiger partial charge in [-0.2, -0.15) is 5.10 Å². The highest BCUT2D eigenvalue weighted by Gasteiger charge is 2.39. The predicted molar refractivity (Wildman–Crippen MR) is 153 cm³/mol. The fourth-order valence-corrected chi connectivity index (χ4v) is 4.54. The Kier molecular flexibility index (Phi) is 9.18. The minimum atomic E-state index is -1.92. The molecule has 0 spiro atoms. The standard InChI is InChI=1S/C30H26BrClN2O4/c1-2-37-27-18-22(17-26(31)28(27)38-20-21-13-15-25(32)16-14-21)19-33-34-29(35)30(36,23-9-5-3-6-10-23)24-11-7-4-8-12-24/h3-19,36H,2,20H2,1H3,(H,34,35)/b33-19-. The molecular weight excluding hydrogens is 568 g/mol. The molecule has 38 heavy (non-hydrogen) atoms. The van der Waals surface area contributed by atoms with Crippen molar-refractivity contribution in [3.05, 3.63) is 129 Å². The summed E-state index contributed by atoms with van der Waals surface area (Å²) in [7, 11) is 0. The van der Waals surface area contributed by atoms with Crippen LogP contribution in [0.3, 0.4) is 0 Å². The first-order valence-corrected chi connectivity index (χ1v) is 13.1. The number of rotatable bonds is 10. The zero-order valence-corrected chi connectivity index (χ0v) is 22.9. The summed E-state index contributed by atoms with van der Waals surface area (Å²) in [5.41, 5.74) is 3.05. The number of nitrogens with zero attached hydrogens (tertiary/aromatic N) is 1. The van der Waals surface area contributed by atoms with Crippen LogP contribution in [0.4, 0.5) is 0 Å². The second kappa shape index (κ2) is 12.7. The molecule has 1 amide bonds. The largest absolute Gasteiger partial charge is 0.490 e. The summed E-state index contributed by atoms with van der Waals surface area (Å²) in [5, 5.41) is 16.3. The average Bonchev–Trinajstić information content (AvgIpc) is 2.94. The van der Waals surface area contributed by atoms with Gasteiger partial charge in [-0.25, -0.2) is 5.43 Å². The highest BCUT2D eigenvalue weighted by atomic mass is 79.9. The maximum atomic E-state index is 13.3. The van der Waals surface area contributed by atoms with Crippen molar-refractivity contribution in [2.45, 2.75) is 19.1 Å². The van der Waals surface area contributed by atoms with E-state index in [-0.39, 0.29) is 0 Å². The van der Waals surface area contributed by atoms with Gasteiger partial charge in [0.05, 0.1) is 17.3 Å². The van der Waals surface area contributed by atoms with E-state index in [0.29, 0.717) is 50.9 Å². The molecule has 4 rings (SSSR count). The molecule has 0 atom stereocenters. The molecule has 0 fully saturated rings. The quantitative estimate of drug-likeness (QED) is 0.163. The Morgan fingerprint density at radius 1 is 0.974 bits per heavy atom. The lowest BCUT2D eigenvalue weighted by Gasteiger charge is -2.27. The van der Waals surface area contributed by atoms with E-state index in [1.807, 2.05) is 43.3 Å². The molecule has 4 aromatic carbocycles. The molecule has 0 bridgehead atoms. The van der Waals surface area contributed by atoms with Crippen molar-refractivity contribution >= 4 is 39.7 Å². The number of ether oxygens (including phenoxy) is 2. The van der Waals surface area contributed by atoms with Gasteiger partial charge in [-0.05, 0) is 69.4 Å². The van der Waals surface area contributed by atoms with Crippen molar-refractivity contribution in [2.24, 2.45) is 5.10 Å². The predicted octanol–water partition coefficient (Wildman–Crippen LogP) is 6.47. The molecule has 0 aliphatic carbocycles. The summed E-state index contributed by atoms with van der Waals surface area (Å²) < 4.78 is 12.5. The maximum absolute atomic E-state index is 13.3. The molecule has 0 saturated carbocycles. The lowest BCUT2D eigenvalue weighted by molar-refractivity contribution is -0.136. The normalized spacial score (nSPS) is 11.4. The van der Waals surface area contributed by atoms with Crippen LogP contribution < -0.4 is 14.9 Å². The molecule has 0 saturated heterocycles. The molecular formula is C30H26BrClN2O4. The van der Waals surface area contributed by atoms with Crippen LogP contribution >= 0.6 is 27.5 Å². The average molecular weight is 594 g/mol. The zero-order chi connectivity index (χ0) is 27.0. The topological polar surface area (TPSA) is 80.2 Å². The number of carbonyl (C=O) groups excluding carboxylic acids is 1. The summed E-state index contributed by atoms with van der Waals surface area (Å²) in [6.45, 7) is 2.64. The fraction of sp³-hybridized carbons (Fsp3) is 0.133. The Bertz CT molecular complexity index is 1360. The van der Waals surface area contributed by atoms with Gasteiger partial charge >= 0.3 is 0 Å². The van der Waals surface area contributed by atoms with Crippen molar-refractivity contribution in [3.8, 4) is 11.5 Å². The van der Waals surface area contributed by atoms with E-state index >= 15 is 0 Å². The van der Waals surface area contributed by atoms with E-state index in [4.69, 9.17) is 21.1 Å². The van der Waals surface area contributed by atoms with Gasteiger partial charge in [-0.1, -0.05) is 84.4 Å². The van der Waals surface area contributed by atoms with Crippen LogP contribution in [-0.2, 0) is 17.0 Å². The molecule has 8 heteroatoms. The van der Waals surface area contributed by atoms with Crippen molar-refractivity contribution in [1.29, 1.82) is 0 Å². The van der Waals surface area contributed by atoms with Crippen LogP contribution in [0, 0.1) is 0 Å². The number of aliphatic hydroxyl groups is 1. The van der Waals surface area contributed by atoms with E-state index in [0.717, 1.165) is 5.56 Å². The molecule has 6 nitrogen and oxygen atoms in total. The van der Waals surface area contributed by atoms with Crippen LogP contribution in [0.25, 0.3) is 0 Å². The number of hydrazone groups is 1. The summed E-state index contributed by atoms with van der Waals surface area (Å²) in [4.78, 5) is 13.3. The van der Waals surface area contributed by atoms with Crippen molar-refractivity contribution in [1.82, 2.24) is 5.43 Å². The lowest BCUT2D eigenvalue weighted by Crippen LogP contribution is -2.43. The SMILES string of the molecule is CCOc1cc(/C=N\NC(=O)C(O)(c2ccccc2)c2ccccc2)cc(Br)c1OCc1ccc(Cl)cc1. The molecule has 0 aliphatic heterocycles. The minimum Gasteiger partial charge on any atom is -0.490 e. The van der Waals surface area contributed by atoms with Crippen LogP contribution in [0.15, 0.2) is 107 Å². The monoisotopic (exact) mass is 592 g/mol. The highest BCUT2D eigenvalue weighted by Crippen LogP contribution is 2.37. The van der Waals surface area contributed by atoms with Gasteiger partial charge < -0.3 is 14.6 Å². The molecule has 194 valence electrons. The maximum Gasteiger partial charge on any atom is 0.281 e. The molecule has 4 aromatic rings. The summed E-state index contributed by atoms with van der Waals surface area (Å²) in [6, 6.07) is 28.5. The minimum absolute atomic E-state index is 0.330. The van der Waals surface area contributed by atoms with Crippen LogP contribution in [0.2, 0.25) is 5.02 Å².